The Bertz CT molecular complexity index is 640. The van der Waals surface area contributed by atoms with Gasteiger partial charge in [-0.05, 0) is 73.5 Å². The van der Waals surface area contributed by atoms with Gasteiger partial charge in [0.05, 0.1) is 11.6 Å². The van der Waals surface area contributed by atoms with Crippen molar-refractivity contribution >= 4 is 29.9 Å². The van der Waals surface area contributed by atoms with Crippen LogP contribution in [0.5, 0.6) is 0 Å². The molecule has 0 fully saturated rings. The minimum absolute atomic E-state index is 0.104. The lowest BCUT2D eigenvalue weighted by atomic mass is 9.76. The minimum atomic E-state index is -1.65. The Labute approximate surface area is 144 Å². The minimum Gasteiger partial charge on any atom is -0.412 e. The lowest BCUT2D eigenvalue weighted by Gasteiger charge is -2.48. The molecule has 2 nitrogen and oxygen atoms in total. The van der Waals surface area contributed by atoms with Crippen molar-refractivity contribution < 1.29 is 4.43 Å². The fourth-order valence-corrected chi connectivity index (χ4v) is 5.30. The zero-order valence-electron chi connectivity index (χ0n) is 14.6. The molecule has 4 heteroatoms. The van der Waals surface area contributed by atoms with Gasteiger partial charge in [-0.1, -0.05) is 12.8 Å². The lowest BCUT2D eigenvalue weighted by molar-refractivity contribution is 0.104. The number of aryl methyl sites for hydroxylation is 1. The summed E-state index contributed by atoms with van der Waals surface area (Å²) in [7, 11) is -1.65. The van der Waals surface area contributed by atoms with Crippen LogP contribution in [0.2, 0.25) is 19.6 Å². The molecule has 0 unspecified atom stereocenters. The number of anilines is 1. The van der Waals surface area contributed by atoms with Gasteiger partial charge >= 0.3 is 0 Å². The van der Waals surface area contributed by atoms with Crippen LogP contribution in [0, 0.1) is 19.3 Å². The molecule has 0 saturated heterocycles. The summed E-state index contributed by atoms with van der Waals surface area (Å²) >= 11 is 3.62. The molecule has 0 radical (unpaired) electrons. The number of benzene rings is 1. The van der Waals surface area contributed by atoms with Crippen molar-refractivity contribution in [1.29, 1.82) is 0 Å². The summed E-state index contributed by atoms with van der Waals surface area (Å²) in [6, 6.07) is 2.10. The molecular weight excluding hydrogens is 354 g/mol. The summed E-state index contributed by atoms with van der Waals surface area (Å²) in [5.41, 5.74) is 4.41. The van der Waals surface area contributed by atoms with E-state index in [9.17, 15) is 0 Å². The van der Waals surface area contributed by atoms with Crippen LogP contribution in [-0.2, 0) is 4.43 Å². The van der Waals surface area contributed by atoms with E-state index in [0.717, 1.165) is 10.0 Å². The third kappa shape index (κ3) is 3.13. The zero-order chi connectivity index (χ0) is 16.9. The highest BCUT2D eigenvalue weighted by Gasteiger charge is 2.44. The normalized spacial score (nSPS) is 23.4. The Morgan fingerprint density at radius 1 is 1.36 bits per heavy atom. The van der Waals surface area contributed by atoms with Gasteiger partial charge in [0.25, 0.3) is 0 Å². The fourth-order valence-electron chi connectivity index (χ4n) is 3.37. The van der Waals surface area contributed by atoms with Crippen LogP contribution in [0.4, 0.5) is 5.69 Å². The molecule has 22 heavy (non-hydrogen) atoms. The van der Waals surface area contributed by atoms with Crippen molar-refractivity contribution in [3.05, 3.63) is 27.2 Å². The second kappa shape index (κ2) is 5.70. The van der Waals surface area contributed by atoms with Gasteiger partial charge in [0.2, 0.25) is 0 Å². The molecule has 1 N–H and O–H groups in total. The average molecular weight is 380 g/mol. The SMILES string of the molecule is C#Cc1c(Br)cc(C)c2c1[C@@H](C)[C@H](O[Si](C)(C)C)C(C)(C)N2. The van der Waals surface area contributed by atoms with Crippen molar-refractivity contribution in [2.45, 2.75) is 64.9 Å². The zero-order valence-corrected chi connectivity index (χ0v) is 17.2. The largest absolute Gasteiger partial charge is 0.412 e. The predicted octanol–water partition coefficient (Wildman–Crippen LogP) is 5.27. The first kappa shape index (κ1) is 17.6. The number of terminal acetylenes is 1. The second-order valence-electron chi connectivity index (χ2n) is 7.77. The topological polar surface area (TPSA) is 21.3 Å². The standard InChI is InChI=1S/C18H26BrNOSi/c1-9-13-14(19)10-11(2)16-15(13)12(3)17(18(4,5)20-16)21-22(6,7)8/h1,10,12,17,20H,2-8H3/t12-,17+/m1/s1. The predicted molar refractivity (Wildman–Crippen MR) is 101 cm³/mol. The van der Waals surface area contributed by atoms with Gasteiger partial charge in [0.1, 0.15) is 0 Å². The van der Waals surface area contributed by atoms with E-state index >= 15 is 0 Å². The van der Waals surface area contributed by atoms with Crippen LogP contribution >= 0.6 is 15.9 Å². The molecule has 1 aromatic rings. The monoisotopic (exact) mass is 379 g/mol. The molecule has 0 saturated carbocycles. The van der Waals surface area contributed by atoms with E-state index in [0.29, 0.717) is 0 Å². The van der Waals surface area contributed by atoms with Gasteiger partial charge < -0.3 is 9.74 Å². The maximum Gasteiger partial charge on any atom is 0.184 e. The number of rotatable bonds is 2. The Morgan fingerprint density at radius 2 is 1.95 bits per heavy atom. The molecule has 1 aliphatic heterocycles. The molecule has 0 aliphatic carbocycles. The Hall–Kier alpha value is -0.763. The van der Waals surface area contributed by atoms with Crippen LogP contribution in [0.1, 0.15) is 43.4 Å². The Balaban J connectivity index is 2.64. The van der Waals surface area contributed by atoms with Gasteiger partial charge in [0.15, 0.2) is 8.32 Å². The summed E-state index contributed by atoms with van der Waals surface area (Å²) in [6.45, 7) is 15.5. The quantitative estimate of drug-likeness (QED) is 0.558. The third-order valence-electron chi connectivity index (χ3n) is 4.21. The third-order valence-corrected chi connectivity index (χ3v) is 5.79. The van der Waals surface area contributed by atoms with Gasteiger partial charge in [-0.25, -0.2) is 0 Å². The molecule has 1 aromatic carbocycles. The first-order chi connectivity index (χ1) is 9.98. The summed E-state index contributed by atoms with van der Waals surface area (Å²) in [5, 5.41) is 3.69. The van der Waals surface area contributed by atoms with E-state index in [1.807, 2.05) is 0 Å². The van der Waals surface area contributed by atoms with Crippen LogP contribution in [0.15, 0.2) is 10.5 Å². The van der Waals surface area contributed by atoms with Crippen molar-refractivity contribution in [3.8, 4) is 12.3 Å². The van der Waals surface area contributed by atoms with E-state index in [1.165, 1.54) is 16.8 Å². The van der Waals surface area contributed by atoms with E-state index < -0.39 is 8.32 Å². The first-order valence-electron chi connectivity index (χ1n) is 7.73. The van der Waals surface area contributed by atoms with Crippen LogP contribution in [0.3, 0.4) is 0 Å². The molecule has 1 heterocycles. The smallest absolute Gasteiger partial charge is 0.184 e. The summed E-state index contributed by atoms with van der Waals surface area (Å²) in [4.78, 5) is 0. The Kier molecular flexibility index (Phi) is 4.56. The maximum absolute atomic E-state index is 6.53. The molecule has 1 aliphatic rings. The number of fused-ring (bicyclic) bond motifs is 1. The number of hydrogen-bond donors (Lipinski definition) is 1. The second-order valence-corrected chi connectivity index (χ2v) is 13.1. The molecule has 120 valence electrons. The van der Waals surface area contributed by atoms with Crippen molar-refractivity contribution in [3.63, 3.8) is 0 Å². The number of hydrogen-bond acceptors (Lipinski definition) is 2. The molecule has 2 atom stereocenters. The highest BCUT2D eigenvalue weighted by molar-refractivity contribution is 9.10. The van der Waals surface area contributed by atoms with Crippen LogP contribution in [0.25, 0.3) is 0 Å². The average Bonchev–Trinajstić information content (AvgIpc) is 2.35. The summed E-state index contributed by atoms with van der Waals surface area (Å²) in [5.74, 6) is 3.11. The van der Waals surface area contributed by atoms with Gasteiger partial charge in [-0.2, -0.15) is 0 Å². The number of halogens is 1. The van der Waals surface area contributed by atoms with Crippen molar-refractivity contribution in [1.82, 2.24) is 0 Å². The Morgan fingerprint density at radius 3 is 2.45 bits per heavy atom. The molecule has 0 spiro atoms. The molecular formula is C18H26BrNOSi. The van der Waals surface area contributed by atoms with E-state index in [4.69, 9.17) is 10.8 Å². The van der Waals surface area contributed by atoms with Gasteiger partial charge in [-0.15, -0.1) is 6.42 Å². The van der Waals surface area contributed by atoms with E-state index in [1.54, 1.807) is 0 Å². The van der Waals surface area contributed by atoms with Gasteiger partial charge in [0, 0.05) is 21.6 Å². The summed E-state index contributed by atoms with van der Waals surface area (Å²) in [6.07, 6.45) is 5.89. The molecule has 0 amide bonds. The molecule has 0 bridgehead atoms. The van der Waals surface area contributed by atoms with Gasteiger partial charge in [-0.3, -0.25) is 0 Å². The van der Waals surface area contributed by atoms with E-state index in [2.05, 4.69) is 80.6 Å². The lowest BCUT2D eigenvalue weighted by Crippen LogP contribution is -2.54. The van der Waals surface area contributed by atoms with Crippen molar-refractivity contribution in [2.24, 2.45) is 0 Å². The van der Waals surface area contributed by atoms with Crippen molar-refractivity contribution in [2.75, 3.05) is 5.32 Å². The highest BCUT2D eigenvalue weighted by Crippen LogP contribution is 2.46. The first-order valence-corrected chi connectivity index (χ1v) is 11.9. The fraction of sp³-hybridized carbons (Fsp3) is 0.556. The maximum atomic E-state index is 6.53. The van der Waals surface area contributed by atoms with Crippen LogP contribution in [-0.4, -0.2) is 20.0 Å². The highest BCUT2D eigenvalue weighted by atomic mass is 79.9. The molecule has 0 aromatic heterocycles. The van der Waals surface area contributed by atoms with E-state index in [-0.39, 0.29) is 17.6 Å². The van der Waals surface area contributed by atoms with Crippen LogP contribution < -0.4 is 5.32 Å². The summed E-state index contributed by atoms with van der Waals surface area (Å²) < 4.78 is 7.53. The molecule has 2 rings (SSSR count). The number of nitrogens with one attached hydrogen (secondary N) is 1.